The van der Waals surface area contributed by atoms with Crippen molar-refractivity contribution in [3.63, 3.8) is 0 Å². The van der Waals surface area contributed by atoms with Crippen molar-refractivity contribution < 1.29 is 24.2 Å². The van der Waals surface area contributed by atoms with Gasteiger partial charge in [0.05, 0.1) is 28.6 Å². The number of ether oxygens (including phenoxy) is 2. The summed E-state index contributed by atoms with van der Waals surface area (Å²) in [5.41, 5.74) is 7.17. The number of nitrogens with one attached hydrogen (secondary N) is 1. The van der Waals surface area contributed by atoms with Gasteiger partial charge in [0, 0.05) is 24.7 Å². The van der Waals surface area contributed by atoms with Gasteiger partial charge in [-0.3, -0.25) is 14.3 Å². The lowest BCUT2D eigenvalue weighted by atomic mass is 9.92. The molecule has 4 N–H and O–H groups in total. The van der Waals surface area contributed by atoms with E-state index in [4.69, 9.17) is 15.2 Å². The summed E-state index contributed by atoms with van der Waals surface area (Å²) in [6.45, 7) is 4.37. The number of carbonyl (C=O) groups is 2. The van der Waals surface area contributed by atoms with Crippen LogP contribution >= 0.6 is 0 Å². The number of hydrogen-bond donors (Lipinski definition) is 3. The van der Waals surface area contributed by atoms with Crippen LogP contribution in [0.1, 0.15) is 97.5 Å². The number of nitrogens with zero attached hydrogens (tertiary/aromatic N) is 4. The molecule has 11 nitrogen and oxygen atoms in total. The predicted octanol–water partition coefficient (Wildman–Crippen LogP) is 3.19. The van der Waals surface area contributed by atoms with Gasteiger partial charge in [-0.05, 0) is 83.3 Å². The summed E-state index contributed by atoms with van der Waals surface area (Å²) in [5.74, 6) is 1.27. The first-order chi connectivity index (χ1) is 19.1. The summed E-state index contributed by atoms with van der Waals surface area (Å²) in [7, 11) is 0. The molecule has 11 heteroatoms. The van der Waals surface area contributed by atoms with E-state index in [2.05, 4.69) is 15.5 Å². The molecule has 3 aliphatic rings. The van der Waals surface area contributed by atoms with Crippen molar-refractivity contribution in [1.82, 2.24) is 24.7 Å². The van der Waals surface area contributed by atoms with Crippen molar-refractivity contribution in [2.45, 2.75) is 95.4 Å². The molecule has 3 heterocycles. The largest absolute Gasteiger partial charge is 0.489 e. The molecule has 0 aromatic carbocycles. The second-order valence-electron chi connectivity index (χ2n) is 12.3. The van der Waals surface area contributed by atoms with Gasteiger partial charge in [-0.25, -0.2) is 4.52 Å². The van der Waals surface area contributed by atoms with E-state index < -0.39 is 11.5 Å². The smallest absolute Gasteiger partial charge is 0.255 e. The van der Waals surface area contributed by atoms with Gasteiger partial charge in [0.2, 0.25) is 5.88 Å². The van der Waals surface area contributed by atoms with Crippen LogP contribution in [0, 0.1) is 5.92 Å². The zero-order valence-corrected chi connectivity index (χ0v) is 23.1. The quantitative estimate of drug-likeness (QED) is 0.332. The monoisotopic (exact) mass is 550 g/mol. The van der Waals surface area contributed by atoms with Gasteiger partial charge in [-0.2, -0.15) is 5.10 Å². The van der Waals surface area contributed by atoms with Crippen LogP contribution in [-0.4, -0.2) is 60.7 Å². The Morgan fingerprint density at radius 3 is 2.50 bits per heavy atom. The first-order valence-corrected chi connectivity index (χ1v) is 14.3. The van der Waals surface area contributed by atoms with Crippen LogP contribution in [-0.2, 0) is 6.54 Å². The molecule has 2 amide bonds. The van der Waals surface area contributed by atoms with Gasteiger partial charge in [0.15, 0.2) is 0 Å². The van der Waals surface area contributed by atoms with Crippen LogP contribution in [0.15, 0.2) is 24.5 Å². The molecule has 3 fully saturated rings. The van der Waals surface area contributed by atoms with Gasteiger partial charge in [-0.1, -0.05) is 0 Å². The molecule has 3 aromatic rings. The number of rotatable bonds is 11. The minimum Gasteiger partial charge on any atom is -0.489 e. The predicted molar refractivity (Wildman–Crippen MR) is 147 cm³/mol. The average Bonchev–Trinajstić information content (AvgIpc) is 3.82. The van der Waals surface area contributed by atoms with Gasteiger partial charge >= 0.3 is 0 Å². The van der Waals surface area contributed by atoms with Crippen molar-refractivity contribution >= 4 is 17.3 Å². The molecule has 3 aliphatic carbocycles. The summed E-state index contributed by atoms with van der Waals surface area (Å²) in [5, 5.41) is 22.3. The summed E-state index contributed by atoms with van der Waals surface area (Å²) in [6.07, 6.45) is 10.7. The number of pyridine rings is 1. The van der Waals surface area contributed by atoms with Crippen LogP contribution in [0.4, 0.5) is 0 Å². The molecule has 0 radical (unpaired) electrons. The number of amides is 2. The minimum atomic E-state index is -0.948. The molecule has 214 valence electrons. The normalized spacial score (nSPS) is 21.4. The van der Waals surface area contributed by atoms with Crippen molar-refractivity contribution in [3.8, 4) is 11.6 Å². The lowest BCUT2D eigenvalue weighted by Gasteiger charge is -2.29. The van der Waals surface area contributed by atoms with E-state index in [1.54, 1.807) is 30.9 Å². The van der Waals surface area contributed by atoms with E-state index in [1.165, 1.54) is 12.8 Å². The Labute approximate surface area is 233 Å². The Hall–Kier alpha value is -3.60. The van der Waals surface area contributed by atoms with Gasteiger partial charge < -0.3 is 25.6 Å². The van der Waals surface area contributed by atoms with E-state index in [9.17, 15) is 14.7 Å². The number of carbonyl (C=O) groups excluding carboxylic acids is 2. The first kappa shape index (κ1) is 26.6. The first-order valence-electron chi connectivity index (χ1n) is 14.3. The highest BCUT2D eigenvalue weighted by atomic mass is 16.5. The summed E-state index contributed by atoms with van der Waals surface area (Å²) in [4.78, 5) is 25.2. The van der Waals surface area contributed by atoms with Crippen molar-refractivity contribution in [1.29, 1.82) is 0 Å². The van der Waals surface area contributed by atoms with Gasteiger partial charge in [0.1, 0.15) is 24.0 Å². The fourth-order valence-corrected chi connectivity index (χ4v) is 5.40. The Balaban J connectivity index is 1.08. The number of nitrogens with two attached hydrogens (primary N) is 1. The molecule has 0 spiro atoms. The SMILES string of the molecule is CC(C)(O)COc1ccc2c(C(=O)NC3CCC(Oc4nn(CC5CC5)cc4C(N)=O)CC3)cnn2c1C1CC1. The zero-order chi connectivity index (χ0) is 28.0. The number of primary amides is 1. The molecule has 0 aliphatic heterocycles. The number of hydrogen-bond acceptors (Lipinski definition) is 7. The van der Waals surface area contributed by atoms with Crippen molar-refractivity contribution in [2.24, 2.45) is 11.7 Å². The fraction of sp³-hybridized carbons (Fsp3) is 0.586. The maximum Gasteiger partial charge on any atom is 0.255 e. The molecule has 40 heavy (non-hydrogen) atoms. The van der Waals surface area contributed by atoms with Gasteiger partial charge in [0.25, 0.3) is 11.8 Å². The van der Waals surface area contributed by atoms with E-state index in [0.29, 0.717) is 34.6 Å². The summed E-state index contributed by atoms with van der Waals surface area (Å²) in [6, 6.07) is 3.75. The third-order valence-corrected chi connectivity index (χ3v) is 7.89. The second kappa shape index (κ2) is 10.4. The average molecular weight is 551 g/mol. The molecular formula is C29H38N6O5. The Morgan fingerprint density at radius 1 is 1.10 bits per heavy atom. The lowest BCUT2D eigenvalue weighted by molar-refractivity contribution is 0.0279. The van der Waals surface area contributed by atoms with E-state index >= 15 is 0 Å². The van der Waals surface area contributed by atoms with E-state index in [1.807, 2.05) is 16.6 Å². The maximum atomic E-state index is 13.3. The van der Waals surface area contributed by atoms with Crippen LogP contribution in [0.5, 0.6) is 11.6 Å². The maximum absolute atomic E-state index is 13.3. The minimum absolute atomic E-state index is 0.0163. The lowest BCUT2D eigenvalue weighted by Crippen LogP contribution is -2.39. The molecule has 3 aromatic heterocycles. The molecule has 3 saturated carbocycles. The zero-order valence-electron chi connectivity index (χ0n) is 23.1. The topological polar surface area (TPSA) is 146 Å². The summed E-state index contributed by atoms with van der Waals surface area (Å²) < 4.78 is 15.6. The highest BCUT2D eigenvalue weighted by Gasteiger charge is 2.32. The van der Waals surface area contributed by atoms with E-state index in [-0.39, 0.29) is 24.7 Å². The molecule has 0 saturated heterocycles. The Morgan fingerprint density at radius 2 is 1.85 bits per heavy atom. The van der Waals surface area contributed by atoms with E-state index in [0.717, 1.165) is 56.3 Å². The fourth-order valence-electron chi connectivity index (χ4n) is 5.40. The van der Waals surface area contributed by atoms with Crippen molar-refractivity contribution in [3.05, 3.63) is 41.3 Å². The third kappa shape index (κ3) is 5.94. The number of aliphatic hydroxyl groups is 1. The molecule has 0 bridgehead atoms. The van der Waals surface area contributed by atoms with Crippen LogP contribution < -0.4 is 20.5 Å². The van der Waals surface area contributed by atoms with Crippen LogP contribution in [0.2, 0.25) is 0 Å². The molecule has 6 rings (SSSR count). The molecule has 0 atom stereocenters. The highest BCUT2D eigenvalue weighted by molar-refractivity contribution is 6.01. The Bertz CT molecular complexity index is 1410. The number of fused-ring (bicyclic) bond motifs is 1. The van der Waals surface area contributed by atoms with Gasteiger partial charge in [-0.15, -0.1) is 5.10 Å². The van der Waals surface area contributed by atoms with Crippen LogP contribution in [0.3, 0.4) is 0 Å². The van der Waals surface area contributed by atoms with Crippen molar-refractivity contribution in [2.75, 3.05) is 6.61 Å². The third-order valence-electron chi connectivity index (χ3n) is 7.89. The number of aromatic nitrogens is 4. The van der Waals surface area contributed by atoms with Crippen LogP contribution in [0.25, 0.3) is 5.52 Å². The Kier molecular flexibility index (Phi) is 6.93. The standard InChI is InChI=1S/C29H38N6O5/c1-29(2,38)16-39-24-12-11-23-21(13-31-35(23)25(24)18-5-6-18)27(37)32-19-7-9-20(10-8-19)40-28-22(26(30)36)15-34(33-28)14-17-3-4-17/h11-13,15,17-20,38H,3-10,14,16H2,1-2H3,(H2,30,36)(H,32,37). The highest BCUT2D eigenvalue weighted by Crippen LogP contribution is 2.44. The second-order valence-corrected chi connectivity index (χ2v) is 12.3. The molecule has 0 unspecified atom stereocenters. The summed E-state index contributed by atoms with van der Waals surface area (Å²) >= 11 is 0. The molecular weight excluding hydrogens is 512 g/mol.